The van der Waals surface area contributed by atoms with Gasteiger partial charge in [-0.3, -0.25) is 0 Å². The van der Waals surface area contributed by atoms with Crippen LogP contribution in [-0.4, -0.2) is 34.2 Å². The van der Waals surface area contributed by atoms with Crippen LogP contribution >= 0.6 is 0 Å². The van der Waals surface area contributed by atoms with Crippen LogP contribution in [0.15, 0.2) is 103 Å². The molecule has 0 aliphatic carbocycles. The first kappa shape index (κ1) is 24.0. The number of carbonyl (C=O) groups excluding carboxylic acids is 1. The summed E-state index contributed by atoms with van der Waals surface area (Å²) in [6, 6.07) is 29.1. The van der Waals surface area contributed by atoms with Gasteiger partial charge < -0.3 is 14.0 Å². The highest BCUT2D eigenvalue weighted by molar-refractivity contribution is 6.62. The molecule has 0 bridgehead atoms. The fourth-order valence-electron chi connectivity index (χ4n) is 4.43. The molecule has 0 radical (unpaired) electrons. The van der Waals surface area contributed by atoms with Crippen molar-refractivity contribution in [1.29, 1.82) is 0 Å². The predicted octanol–water partition coefficient (Wildman–Crippen LogP) is 5.16. The molecule has 1 aromatic heterocycles. The SMILES string of the molecule is CC1(C)OB(c2ccc(C(OC(=O)n3cccn3)(c3ccccc3)c3ccccc3)cc2)OC1(C)C. The Bertz CT molecular complexity index is 1270. The van der Waals surface area contributed by atoms with Crippen molar-refractivity contribution in [2.75, 3.05) is 0 Å². The van der Waals surface area contributed by atoms with E-state index in [1.165, 1.54) is 4.68 Å². The summed E-state index contributed by atoms with van der Waals surface area (Å²) < 4.78 is 20.0. The molecular formula is C29H29BN2O4. The van der Waals surface area contributed by atoms with Crippen LogP contribution < -0.4 is 5.46 Å². The van der Waals surface area contributed by atoms with Gasteiger partial charge in [0.1, 0.15) is 0 Å². The molecule has 0 saturated carbocycles. The van der Waals surface area contributed by atoms with Crippen molar-refractivity contribution in [1.82, 2.24) is 9.78 Å². The second-order valence-electron chi connectivity index (χ2n) is 9.94. The van der Waals surface area contributed by atoms with Gasteiger partial charge in [-0.2, -0.15) is 9.78 Å². The molecule has 1 saturated heterocycles. The van der Waals surface area contributed by atoms with Crippen molar-refractivity contribution < 1.29 is 18.8 Å². The molecule has 36 heavy (non-hydrogen) atoms. The molecule has 0 unspecified atom stereocenters. The van der Waals surface area contributed by atoms with Crippen LogP contribution in [0.4, 0.5) is 4.79 Å². The number of ether oxygens (including phenoxy) is 1. The Morgan fingerprint density at radius 1 is 0.778 bits per heavy atom. The lowest BCUT2D eigenvalue weighted by molar-refractivity contribution is 0.00578. The number of nitrogens with zero attached hydrogens (tertiary/aromatic N) is 2. The molecule has 6 nitrogen and oxygen atoms in total. The fraction of sp³-hybridized carbons (Fsp3) is 0.241. The Morgan fingerprint density at radius 2 is 1.28 bits per heavy atom. The molecule has 1 fully saturated rings. The van der Waals surface area contributed by atoms with E-state index in [9.17, 15) is 4.79 Å². The molecule has 182 valence electrons. The molecular weight excluding hydrogens is 451 g/mol. The summed E-state index contributed by atoms with van der Waals surface area (Å²) in [5, 5.41) is 4.08. The number of aromatic nitrogens is 2. The molecule has 4 aromatic rings. The Balaban J connectivity index is 1.62. The number of hydrogen-bond acceptors (Lipinski definition) is 5. The summed E-state index contributed by atoms with van der Waals surface area (Å²) in [6.07, 6.45) is 2.54. The van der Waals surface area contributed by atoms with Gasteiger partial charge in [0.15, 0.2) is 5.60 Å². The molecule has 1 aliphatic rings. The third kappa shape index (κ3) is 4.14. The van der Waals surface area contributed by atoms with Crippen molar-refractivity contribution in [3.63, 3.8) is 0 Å². The standard InChI is InChI=1S/C29H29BN2O4/c1-27(2)28(3,4)36-30(35-27)25-18-16-24(17-19-25)29(22-12-7-5-8-13-22,23-14-9-6-10-15-23)34-26(33)32-21-11-20-31-32/h5-21H,1-4H3. The third-order valence-electron chi connectivity index (χ3n) is 7.14. The van der Waals surface area contributed by atoms with E-state index in [1.54, 1.807) is 18.5 Å². The van der Waals surface area contributed by atoms with E-state index in [2.05, 4.69) is 5.10 Å². The van der Waals surface area contributed by atoms with Gasteiger partial charge >= 0.3 is 13.2 Å². The number of carbonyl (C=O) groups is 1. The van der Waals surface area contributed by atoms with E-state index in [1.807, 2.05) is 113 Å². The topological polar surface area (TPSA) is 62.6 Å². The summed E-state index contributed by atoms with van der Waals surface area (Å²) in [4.78, 5) is 13.3. The zero-order valence-electron chi connectivity index (χ0n) is 20.9. The molecule has 0 spiro atoms. The second kappa shape index (κ2) is 9.08. The van der Waals surface area contributed by atoms with Crippen molar-refractivity contribution in [2.45, 2.75) is 44.5 Å². The van der Waals surface area contributed by atoms with E-state index in [0.717, 1.165) is 22.2 Å². The minimum Gasteiger partial charge on any atom is -0.426 e. The van der Waals surface area contributed by atoms with Crippen molar-refractivity contribution in [3.8, 4) is 0 Å². The maximum atomic E-state index is 13.3. The lowest BCUT2D eigenvalue weighted by Gasteiger charge is -2.35. The first-order valence-electron chi connectivity index (χ1n) is 12.0. The van der Waals surface area contributed by atoms with Crippen LogP contribution in [0.2, 0.25) is 0 Å². The average Bonchev–Trinajstić information content (AvgIpc) is 3.50. The molecule has 2 heterocycles. The van der Waals surface area contributed by atoms with Gasteiger partial charge in [-0.15, -0.1) is 0 Å². The summed E-state index contributed by atoms with van der Waals surface area (Å²) in [6.45, 7) is 8.13. The fourth-order valence-corrected chi connectivity index (χ4v) is 4.43. The van der Waals surface area contributed by atoms with Crippen LogP contribution in [-0.2, 0) is 19.6 Å². The van der Waals surface area contributed by atoms with E-state index >= 15 is 0 Å². The summed E-state index contributed by atoms with van der Waals surface area (Å²) in [7, 11) is -0.487. The first-order valence-corrected chi connectivity index (χ1v) is 12.0. The Hall–Kier alpha value is -3.68. The lowest BCUT2D eigenvalue weighted by Crippen LogP contribution is -2.41. The third-order valence-corrected chi connectivity index (χ3v) is 7.14. The zero-order valence-corrected chi connectivity index (χ0v) is 20.9. The summed E-state index contributed by atoms with van der Waals surface area (Å²) in [5.74, 6) is 0. The molecule has 0 atom stereocenters. The molecule has 3 aromatic carbocycles. The van der Waals surface area contributed by atoms with Crippen molar-refractivity contribution in [3.05, 3.63) is 120 Å². The highest BCUT2D eigenvalue weighted by Gasteiger charge is 2.52. The second-order valence-corrected chi connectivity index (χ2v) is 9.94. The molecule has 0 amide bonds. The zero-order chi connectivity index (χ0) is 25.4. The van der Waals surface area contributed by atoms with Gasteiger partial charge in [0.05, 0.1) is 11.2 Å². The Labute approximate surface area is 212 Å². The van der Waals surface area contributed by atoms with Gasteiger partial charge in [0.2, 0.25) is 0 Å². The largest absolute Gasteiger partial charge is 0.494 e. The first-order chi connectivity index (χ1) is 17.2. The lowest BCUT2D eigenvalue weighted by atomic mass is 9.75. The van der Waals surface area contributed by atoms with Gasteiger partial charge in [-0.05, 0) is 39.2 Å². The van der Waals surface area contributed by atoms with Gasteiger partial charge in [0.25, 0.3) is 0 Å². The van der Waals surface area contributed by atoms with E-state index < -0.39 is 30.0 Å². The highest BCUT2D eigenvalue weighted by atomic mass is 16.7. The highest BCUT2D eigenvalue weighted by Crippen LogP contribution is 2.41. The minimum atomic E-state index is -1.21. The smallest absolute Gasteiger partial charge is 0.426 e. The van der Waals surface area contributed by atoms with Gasteiger partial charge in [-0.1, -0.05) is 84.9 Å². The normalized spacial score (nSPS) is 16.6. The van der Waals surface area contributed by atoms with Gasteiger partial charge in [-0.25, -0.2) is 4.79 Å². The number of benzene rings is 3. The van der Waals surface area contributed by atoms with Crippen LogP contribution in [0.5, 0.6) is 0 Å². The van der Waals surface area contributed by atoms with Gasteiger partial charge in [0, 0.05) is 29.1 Å². The molecule has 7 heteroatoms. The summed E-state index contributed by atoms with van der Waals surface area (Å²) >= 11 is 0. The number of rotatable bonds is 5. The maximum absolute atomic E-state index is 13.3. The van der Waals surface area contributed by atoms with Crippen LogP contribution in [0.1, 0.15) is 44.4 Å². The van der Waals surface area contributed by atoms with Crippen molar-refractivity contribution in [2.24, 2.45) is 0 Å². The van der Waals surface area contributed by atoms with E-state index in [4.69, 9.17) is 14.0 Å². The number of hydrogen-bond donors (Lipinski definition) is 0. The molecule has 5 rings (SSSR count). The van der Waals surface area contributed by atoms with Crippen LogP contribution in [0.25, 0.3) is 0 Å². The molecule has 0 N–H and O–H groups in total. The average molecular weight is 480 g/mol. The van der Waals surface area contributed by atoms with Crippen molar-refractivity contribution >= 4 is 18.7 Å². The Morgan fingerprint density at radius 3 is 1.75 bits per heavy atom. The predicted molar refractivity (Wildman–Crippen MR) is 139 cm³/mol. The monoisotopic (exact) mass is 480 g/mol. The quantitative estimate of drug-likeness (QED) is 0.292. The Kier molecular flexibility index (Phi) is 6.06. The molecule has 1 aliphatic heterocycles. The summed E-state index contributed by atoms with van der Waals surface area (Å²) in [5.41, 5.74) is 1.24. The van der Waals surface area contributed by atoms with E-state index in [-0.39, 0.29) is 0 Å². The van der Waals surface area contributed by atoms with Crippen LogP contribution in [0.3, 0.4) is 0 Å². The maximum Gasteiger partial charge on any atom is 0.494 e. The van der Waals surface area contributed by atoms with Crippen LogP contribution in [0, 0.1) is 0 Å². The minimum absolute atomic E-state index is 0.437. The van der Waals surface area contributed by atoms with E-state index in [0.29, 0.717) is 0 Å².